The van der Waals surface area contributed by atoms with E-state index in [4.69, 9.17) is 5.11 Å². The Morgan fingerprint density at radius 1 is 1.44 bits per heavy atom. The van der Waals surface area contributed by atoms with Crippen LogP contribution in [0.2, 0.25) is 0 Å². The second kappa shape index (κ2) is 6.00. The first-order chi connectivity index (χ1) is 8.36. The minimum Gasteiger partial charge on any atom is -0.480 e. The largest absolute Gasteiger partial charge is 0.480 e. The summed E-state index contributed by atoms with van der Waals surface area (Å²) < 4.78 is 0. The molecule has 0 unspecified atom stereocenters. The average Bonchev–Trinajstić information content (AvgIpc) is 2.66. The van der Waals surface area contributed by atoms with Gasteiger partial charge in [-0.25, -0.2) is 4.79 Å². The zero-order chi connectivity index (χ0) is 13.9. The molecule has 1 heterocycles. The maximum atomic E-state index is 12.0. The summed E-state index contributed by atoms with van der Waals surface area (Å²) in [5, 5.41) is 11.6. The molecule has 1 aromatic heterocycles. The summed E-state index contributed by atoms with van der Waals surface area (Å²) in [5.41, 5.74) is 1.14. The summed E-state index contributed by atoms with van der Waals surface area (Å²) in [6.45, 7) is 7.55. The van der Waals surface area contributed by atoms with Crippen LogP contribution in [0.1, 0.15) is 40.9 Å². The zero-order valence-corrected chi connectivity index (χ0v) is 11.9. The third-order valence-corrected chi connectivity index (χ3v) is 3.94. The molecule has 1 aromatic rings. The van der Waals surface area contributed by atoms with Crippen molar-refractivity contribution in [1.82, 2.24) is 5.32 Å². The van der Waals surface area contributed by atoms with Crippen LogP contribution in [0.3, 0.4) is 0 Å². The Kier molecular flexibility index (Phi) is 4.90. The van der Waals surface area contributed by atoms with Crippen molar-refractivity contribution in [2.24, 2.45) is 5.92 Å². The highest BCUT2D eigenvalue weighted by molar-refractivity contribution is 7.14. The molecule has 0 aliphatic carbocycles. The third kappa shape index (κ3) is 3.32. The fourth-order valence-corrected chi connectivity index (χ4v) is 2.73. The van der Waals surface area contributed by atoms with E-state index in [1.165, 1.54) is 11.3 Å². The number of amides is 1. The highest BCUT2D eigenvalue weighted by atomic mass is 32.1. The smallest absolute Gasteiger partial charge is 0.326 e. The van der Waals surface area contributed by atoms with Crippen molar-refractivity contribution in [2.45, 2.75) is 40.2 Å². The van der Waals surface area contributed by atoms with Crippen molar-refractivity contribution < 1.29 is 14.7 Å². The molecule has 0 aliphatic heterocycles. The molecule has 0 aromatic carbocycles. The summed E-state index contributed by atoms with van der Waals surface area (Å²) in [7, 11) is 0. The number of aliphatic carboxylic acids is 1. The lowest BCUT2D eigenvalue weighted by molar-refractivity contribution is -0.140. The molecule has 0 aliphatic rings. The minimum atomic E-state index is -0.998. The van der Waals surface area contributed by atoms with E-state index in [9.17, 15) is 9.59 Å². The van der Waals surface area contributed by atoms with E-state index in [-0.39, 0.29) is 11.8 Å². The lowest BCUT2D eigenvalue weighted by atomic mass is 10.0. The van der Waals surface area contributed by atoms with Crippen LogP contribution in [-0.2, 0) is 11.2 Å². The summed E-state index contributed by atoms with van der Waals surface area (Å²) in [4.78, 5) is 24.7. The predicted molar refractivity (Wildman–Crippen MR) is 72.2 cm³/mol. The first-order valence-electron chi connectivity index (χ1n) is 5.99. The van der Waals surface area contributed by atoms with Gasteiger partial charge in [-0.05, 0) is 30.9 Å². The highest BCUT2D eigenvalue weighted by Gasteiger charge is 2.24. The number of carbonyl (C=O) groups is 2. The monoisotopic (exact) mass is 269 g/mol. The quantitative estimate of drug-likeness (QED) is 0.863. The molecule has 1 rings (SSSR count). The molecule has 0 fully saturated rings. The molecule has 4 nitrogen and oxygen atoms in total. The molecule has 1 amide bonds. The number of aryl methyl sites for hydroxylation is 2. The van der Waals surface area contributed by atoms with Crippen molar-refractivity contribution in [3.63, 3.8) is 0 Å². The van der Waals surface area contributed by atoms with Gasteiger partial charge in [-0.15, -0.1) is 11.3 Å². The van der Waals surface area contributed by atoms with Crippen LogP contribution in [0.5, 0.6) is 0 Å². The van der Waals surface area contributed by atoms with Gasteiger partial charge in [-0.3, -0.25) is 4.79 Å². The molecule has 1 atom stereocenters. The van der Waals surface area contributed by atoms with Gasteiger partial charge in [-0.1, -0.05) is 20.8 Å². The van der Waals surface area contributed by atoms with Crippen LogP contribution in [0.15, 0.2) is 6.07 Å². The van der Waals surface area contributed by atoms with Crippen molar-refractivity contribution in [2.75, 3.05) is 0 Å². The van der Waals surface area contributed by atoms with Gasteiger partial charge in [0.1, 0.15) is 6.04 Å². The van der Waals surface area contributed by atoms with E-state index in [2.05, 4.69) is 5.32 Å². The Hall–Kier alpha value is -1.36. The first kappa shape index (κ1) is 14.7. The number of rotatable bonds is 5. The average molecular weight is 269 g/mol. The van der Waals surface area contributed by atoms with Crippen molar-refractivity contribution in [3.8, 4) is 0 Å². The number of carboxylic acid groups (broad SMARTS) is 1. The van der Waals surface area contributed by atoms with Crippen LogP contribution >= 0.6 is 11.3 Å². The number of carbonyl (C=O) groups excluding carboxylic acids is 1. The van der Waals surface area contributed by atoms with Gasteiger partial charge >= 0.3 is 5.97 Å². The van der Waals surface area contributed by atoms with Crippen molar-refractivity contribution in [1.29, 1.82) is 0 Å². The maximum absolute atomic E-state index is 12.0. The molecule has 0 bridgehead atoms. The molecule has 0 saturated carbocycles. The van der Waals surface area contributed by atoms with Gasteiger partial charge in [0.2, 0.25) is 0 Å². The van der Waals surface area contributed by atoms with Gasteiger partial charge in [0.25, 0.3) is 5.91 Å². The Labute approximate surface area is 111 Å². The molecule has 100 valence electrons. The number of nitrogens with one attached hydrogen (secondary N) is 1. The van der Waals surface area contributed by atoms with Gasteiger partial charge in [0.15, 0.2) is 0 Å². The summed E-state index contributed by atoms with van der Waals surface area (Å²) in [6, 6.07) is 0.999. The van der Waals surface area contributed by atoms with Crippen molar-refractivity contribution >= 4 is 23.2 Å². The second-order valence-corrected chi connectivity index (χ2v) is 5.84. The van der Waals surface area contributed by atoms with Crippen LogP contribution in [-0.4, -0.2) is 23.0 Å². The number of hydrogen-bond acceptors (Lipinski definition) is 3. The Balaban J connectivity index is 2.83. The standard InChI is InChI=1S/C13H19NO3S/c1-5-9-6-10(18-8(9)4)12(15)14-11(7(2)3)13(16)17/h6-7,11H,5H2,1-4H3,(H,14,15)(H,16,17)/t11-/m0/s1. The normalized spacial score (nSPS) is 12.5. The first-order valence-corrected chi connectivity index (χ1v) is 6.81. The topological polar surface area (TPSA) is 66.4 Å². The number of hydrogen-bond donors (Lipinski definition) is 2. The molecule has 5 heteroatoms. The fourth-order valence-electron chi connectivity index (χ4n) is 1.71. The summed E-state index contributed by atoms with van der Waals surface area (Å²) >= 11 is 1.41. The Morgan fingerprint density at radius 3 is 2.44 bits per heavy atom. The van der Waals surface area contributed by atoms with Crippen molar-refractivity contribution in [3.05, 3.63) is 21.4 Å². The van der Waals surface area contributed by atoms with E-state index in [0.717, 1.165) is 16.9 Å². The van der Waals surface area contributed by atoms with Gasteiger partial charge in [0, 0.05) is 4.88 Å². The van der Waals surface area contributed by atoms with Gasteiger partial charge < -0.3 is 10.4 Å². The third-order valence-electron chi connectivity index (χ3n) is 2.84. The van der Waals surface area contributed by atoms with Crippen LogP contribution in [0.4, 0.5) is 0 Å². The summed E-state index contributed by atoms with van der Waals surface area (Å²) in [5.74, 6) is -1.44. The SMILES string of the molecule is CCc1cc(C(=O)N[C@H](C(=O)O)C(C)C)sc1C. The molecular weight excluding hydrogens is 250 g/mol. The molecule has 0 saturated heterocycles. The molecule has 2 N–H and O–H groups in total. The van der Waals surface area contributed by atoms with E-state index in [1.54, 1.807) is 13.8 Å². The molecule has 0 radical (unpaired) electrons. The fraction of sp³-hybridized carbons (Fsp3) is 0.538. The van der Waals surface area contributed by atoms with Crippen LogP contribution in [0.25, 0.3) is 0 Å². The van der Waals surface area contributed by atoms with Gasteiger partial charge in [-0.2, -0.15) is 0 Å². The highest BCUT2D eigenvalue weighted by Crippen LogP contribution is 2.22. The van der Waals surface area contributed by atoms with E-state index in [1.807, 2.05) is 19.9 Å². The molecular formula is C13H19NO3S. The zero-order valence-electron chi connectivity index (χ0n) is 11.1. The maximum Gasteiger partial charge on any atom is 0.326 e. The summed E-state index contributed by atoms with van der Waals surface area (Å²) in [6.07, 6.45) is 0.877. The minimum absolute atomic E-state index is 0.141. The van der Waals surface area contributed by atoms with Crippen LogP contribution in [0, 0.1) is 12.8 Å². The van der Waals surface area contributed by atoms with E-state index >= 15 is 0 Å². The van der Waals surface area contributed by atoms with E-state index in [0.29, 0.717) is 4.88 Å². The van der Waals surface area contributed by atoms with E-state index < -0.39 is 12.0 Å². The Morgan fingerprint density at radius 2 is 2.06 bits per heavy atom. The predicted octanol–water partition coefficient (Wildman–Crippen LogP) is 2.46. The van der Waals surface area contributed by atoms with Crippen LogP contribution < -0.4 is 5.32 Å². The Bertz CT molecular complexity index is 451. The lowest BCUT2D eigenvalue weighted by Gasteiger charge is -2.17. The number of carboxylic acids is 1. The second-order valence-electron chi connectivity index (χ2n) is 4.58. The lowest BCUT2D eigenvalue weighted by Crippen LogP contribution is -2.44. The molecule has 0 spiro atoms. The molecule has 18 heavy (non-hydrogen) atoms. The number of thiophene rings is 1. The van der Waals surface area contributed by atoms with Gasteiger partial charge in [0.05, 0.1) is 4.88 Å².